The molecule has 0 fully saturated rings. The van der Waals surface area contributed by atoms with Gasteiger partial charge in [-0.2, -0.15) is 0 Å². The van der Waals surface area contributed by atoms with Crippen LogP contribution in [0.5, 0.6) is 5.75 Å². The summed E-state index contributed by atoms with van der Waals surface area (Å²) < 4.78 is 18.4. The van der Waals surface area contributed by atoms with Crippen LogP contribution in [0.25, 0.3) is 0 Å². The maximum Gasteiger partial charge on any atom is 0.223 e. The Morgan fingerprint density at radius 2 is 2.26 bits per heavy atom. The lowest BCUT2D eigenvalue weighted by Crippen LogP contribution is -2.25. The Morgan fingerprint density at radius 3 is 3.00 bits per heavy atom. The first-order valence-corrected chi connectivity index (χ1v) is 5.88. The quantitative estimate of drug-likeness (QED) is 0.832. The normalized spacial score (nSPS) is 10.2. The third-order valence-corrected chi connectivity index (χ3v) is 2.43. The number of carbonyl (C=O) groups is 1. The van der Waals surface area contributed by atoms with Gasteiger partial charge in [0.2, 0.25) is 5.91 Å². The molecule has 2 aromatic rings. The van der Waals surface area contributed by atoms with Gasteiger partial charge in [0, 0.05) is 12.4 Å². The molecule has 0 saturated carbocycles. The highest BCUT2D eigenvalue weighted by Gasteiger charge is 2.05. The first-order chi connectivity index (χ1) is 9.25. The number of aromatic nitrogens is 2. The summed E-state index contributed by atoms with van der Waals surface area (Å²) in [6.45, 7) is 0.469. The first kappa shape index (κ1) is 13.1. The minimum absolute atomic E-state index is 0.130. The summed E-state index contributed by atoms with van der Waals surface area (Å²) in [5.74, 6) is 0.232. The number of imidazole rings is 1. The summed E-state index contributed by atoms with van der Waals surface area (Å²) in [4.78, 5) is 18.3. The van der Waals surface area contributed by atoms with Gasteiger partial charge < -0.3 is 15.0 Å². The van der Waals surface area contributed by atoms with Crippen LogP contribution in [0, 0.1) is 5.82 Å². The van der Waals surface area contributed by atoms with E-state index in [9.17, 15) is 9.18 Å². The summed E-state index contributed by atoms with van der Waals surface area (Å²) >= 11 is 0. The number of halogens is 1. The van der Waals surface area contributed by atoms with Crippen LogP contribution in [-0.4, -0.2) is 22.5 Å². The third kappa shape index (κ3) is 4.09. The molecule has 2 rings (SSSR count). The van der Waals surface area contributed by atoms with Gasteiger partial charge in [0.05, 0.1) is 19.6 Å². The maximum atomic E-state index is 13.2. The van der Waals surface area contributed by atoms with Gasteiger partial charge in [-0.25, -0.2) is 9.37 Å². The van der Waals surface area contributed by atoms with Crippen molar-refractivity contribution in [1.29, 1.82) is 0 Å². The second-order valence-corrected chi connectivity index (χ2v) is 3.84. The Morgan fingerprint density at radius 1 is 1.42 bits per heavy atom. The number of nitrogens with zero attached hydrogens (tertiary/aromatic N) is 1. The van der Waals surface area contributed by atoms with E-state index in [0.717, 1.165) is 0 Å². The number of para-hydroxylation sites is 1. The largest absolute Gasteiger partial charge is 0.490 e. The van der Waals surface area contributed by atoms with Gasteiger partial charge in [-0.05, 0) is 12.1 Å². The Labute approximate surface area is 109 Å². The van der Waals surface area contributed by atoms with Crippen molar-refractivity contribution in [2.75, 3.05) is 6.61 Å². The predicted molar refractivity (Wildman–Crippen MR) is 66.9 cm³/mol. The Hall–Kier alpha value is -2.37. The van der Waals surface area contributed by atoms with E-state index in [1.807, 2.05) is 0 Å². The third-order valence-electron chi connectivity index (χ3n) is 2.43. The minimum atomic E-state index is -0.432. The SMILES string of the molecule is O=C(CCOc1ccccc1F)NCc1ncc[nH]1. The Kier molecular flexibility index (Phi) is 4.49. The van der Waals surface area contributed by atoms with E-state index in [1.165, 1.54) is 12.1 Å². The van der Waals surface area contributed by atoms with E-state index in [0.29, 0.717) is 12.4 Å². The van der Waals surface area contributed by atoms with Gasteiger partial charge in [0.1, 0.15) is 5.82 Å². The fourth-order valence-corrected chi connectivity index (χ4v) is 1.48. The molecule has 0 spiro atoms. The predicted octanol–water partition coefficient (Wildman–Crippen LogP) is 1.63. The number of ether oxygens (including phenoxy) is 1. The molecule has 0 unspecified atom stereocenters. The molecule has 6 heteroatoms. The van der Waals surface area contributed by atoms with Crippen molar-refractivity contribution in [1.82, 2.24) is 15.3 Å². The second kappa shape index (κ2) is 6.53. The van der Waals surface area contributed by atoms with Crippen molar-refractivity contribution >= 4 is 5.91 Å². The molecule has 5 nitrogen and oxygen atoms in total. The van der Waals surface area contributed by atoms with Gasteiger partial charge in [0.25, 0.3) is 0 Å². The molecule has 1 amide bonds. The molecular formula is C13H14FN3O2. The number of hydrogen-bond acceptors (Lipinski definition) is 3. The number of carbonyl (C=O) groups excluding carboxylic acids is 1. The lowest BCUT2D eigenvalue weighted by molar-refractivity contribution is -0.121. The molecule has 100 valence electrons. The molecule has 0 bridgehead atoms. The first-order valence-electron chi connectivity index (χ1n) is 5.88. The van der Waals surface area contributed by atoms with Crippen LogP contribution >= 0.6 is 0 Å². The Balaban J connectivity index is 1.68. The lowest BCUT2D eigenvalue weighted by Gasteiger charge is -2.07. The van der Waals surface area contributed by atoms with Gasteiger partial charge >= 0.3 is 0 Å². The van der Waals surface area contributed by atoms with Crippen molar-refractivity contribution in [3.8, 4) is 5.75 Å². The van der Waals surface area contributed by atoms with E-state index in [-0.39, 0.29) is 24.7 Å². The number of H-pyrrole nitrogens is 1. The molecule has 0 aliphatic carbocycles. The molecule has 1 heterocycles. The van der Waals surface area contributed by atoms with Crippen molar-refractivity contribution in [2.24, 2.45) is 0 Å². The summed E-state index contributed by atoms with van der Waals surface area (Å²) in [7, 11) is 0. The molecule has 0 saturated heterocycles. The van der Waals surface area contributed by atoms with Gasteiger partial charge in [-0.3, -0.25) is 4.79 Å². The molecule has 0 aliphatic rings. The number of benzene rings is 1. The molecule has 2 N–H and O–H groups in total. The number of aromatic amines is 1. The van der Waals surface area contributed by atoms with E-state index >= 15 is 0 Å². The topological polar surface area (TPSA) is 67.0 Å². The van der Waals surface area contributed by atoms with Crippen LogP contribution in [-0.2, 0) is 11.3 Å². The Bertz CT molecular complexity index is 528. The average Bonchev–Trinajstić information content (AvgIpc) is 2.92. The minimum Gasteiger partial charge on any atom is -0.490 e. The fourth-order valence-electron chi connectivity index (χ4n) is 1.48. The molecule has 1 aromatic carbocycles. The monoisotopic (exact) mass is 263 g/mol. The average molecular weight is 263 g/mol. The van der Waals surface area contributed by atoms with E-state index in [4.69, 9.17) is 4.74 Å². The van der Waals surface area contributed by atoms with Crippen molar-refractivity contribution in [3.63, 3.8) is 0 Å². The number of rotatable bonds is 6. The second-order valence-electron chi connectivity index (χ2n) is 3.84. The highest BCUT2D eigenvalue weighted by molar-refractivity contribution is 5.75. The number of nitrogens with one attached hydrogen (secondary N) is 2. The van der Waals surface area contributed by atoms with Crippen molar-refractivity contribution in [3.05, 3.63) is 48.3 Å². The van der Waals surface area contributed by atoms with Gasteiger partial charge in [-0.1, -0.05) is 12.1 Å². The zero-order valence-electron chi connectivity index (χ0n) is 10.2. The van der Waals surface area contributed by atoms with Crippen LogP contribution in [0.1, 0.15) is 12.2 Å². The van der Waals surface area contributed by atoms with Gasteiger partial charge in [-0.15, -0.1) is 0 Å². The zero-order chi connectivity index (χ0) is 13.5. The summed E-state index contributed by atoms with van der Waals surface area (Å²) in [5, 5.41) is 2.68. The zero-order valence-corrected chi connectivity index (χ0v) is 10.2. The van der Waals surface area contributed by atoms with E-state index in [1.54, 1.807) is 24.5 Å². The van der Waals surface area contributed by atoms with Crippen molar-refractivity contribution in [2.45, 2.75) is 13.0 Å². The molecule has 0 aliphatic heterocycles. The summed E-state index contributed by atoms with van der Waals surface area (Å²) in [6, 6.07) is 6.09. The summed E-state index contributed by atoms with van der Waals surface area (Å²) in [5.41, 5.74) is 0. The van der Waals surface area contributed by atoms with Crippen LogP contribution in [0.4, 0.5) is 4.39 Å². The van der Waals surface area contributed by atoms with Gasteiger partial charge in [0.15, 0.2) is 11.6 Å². The molecule has 0 atom stereocenters. The van der Waals surface area contributed by atoms with Crippen LogP contribution in [0.15, 0.2) is 36.7 Å². The molecule has 1 aromatic heterocycles. The van der Waals surface area contributed by atoms with E-state index < -0.39 is 5.82 Å². The number of hydrogen-bond donors (Lipinski definition) is 2. The fraction of sp³-hybridized carbons (Fsp3) is 0.231. The maximum absolute atomic E-state index is 13.2. The highest BCUT2D eigenvalue weighted by atomic mass is 19.1. The smallest absolute Gasteiger partial charge is 0.223 e. The molecular weight excluding hydrogens is 249 g/mol. The van der Waals surface area contributed by atoms with Crippen LogP contribution in [0.3, 0.4) is 0 Å². The lowest BCUT2D eigenvalue weighted by atomic mass is 10.3. The molecule has 19 heavy (non-hydrogen) atoms. The summed E-state index contributed by atoms with van der Waals surface area (Å²) in [6.07, 6.45) is 3.46. The van der Waals surface area contributed by atoms with Crippen LogP contribution in [0.2, 0.25) is 0 Å². The highest BCUT2D eigenvalue weighted by Crippen LogP contribution is 2.15. The standard InChI is InChI=1S/C13H14FN3O2/c14-10-3-1-2-4-11(10)19-8-5-13(18)17-9-12-15-6-7-16-12/h1-4,6-7H,5,8-9H2,(H,15,16)(H,17,18). The van der Waals surface area contributed by atoms with E-state index in [2.05, 4.69) is 15.3 Å². The van der Waals surface area contributed by atoms with Crippen molar-refractivity contribution < 1.29 is 13.9 Å². The molecule has 0 radical (unpaired) electrons. The number of amides is 1. The van der Waals surface area contributed by atoms with Crippen LogP contribution < -0.4 is 10.1 Å².